The van der Waals surface area contributed by atoms with Gasteiger partial charge in [-0.25, -0.2) is 0 Å². The van der Waals surface area contributed by atoms with Gasteiger partial charge >= 0.3 is 0 Å². The van der Waals surface area contributed by atoms with E-state index in [1.807, 2.05) is 60.7 Å². The first-order chi connectivity index (χ1) is 11.9. The molecule has 0 bridgehead atoms. The minimum Gasteiger partial charge on any atom is -0.342 e. The molecule has 0 unspecified atom stereocenters. The standard InChI is InChI=1S/C19H18N2O3/c22-12-17-11-20-21-18(17)19(23-13-15-7-3-1-4-8-15)24-14-16-9-5-2-6-10-16/h1-12,19H,13-14H2,(H,20,21). The molecule has 0 spiro atoms. The summed E-state index contributed by atoms with van der Waals surface area (Å²) < 4.78 is 11.7. The van der Waals surface area contributed by atoms with E-state index in [0.29, 0.717) is 24.5 Å². The number of hydrogen-bond donors (Lipinski definition) is 1. The number of aromatic nitrogens is 2. The summed E-state index contributed by atoms with van der Waals surface area (Å²) in [6.45, 7) is 0.733. The first kappa shape index (κ1) is 16.1. The van der Waals surface area contributed by atoms with E-state index < -0.39 is 6.29 Å². The lowest BCUT2D eigenvalue weighted by Crippen LogP contribution is -2.11. The average Bonchev–Trinajstić information content (AvgIpc) is 3.12. The highest BCUT2D eigenvalue weighted by Crippen LogP contribution is 2.23. The van der Waals surface area contributed by atoms with Gasteiger partial charge in [-0.1, -0.05) is 60.7 Å². The van der Waals surface area contributed by atoms with E-state index in [1.54, 1.807) is 0 Å². The first-order valence-corrected chi connectivity index (χ1v) is 7.66. The monoisotopic (exact) mass is 322 g/mol. The lowest BCUT2D eigenvalue weighted by molar-refractivity contribution is -0.163. The Bertz CT molecular complexity index is 713. The molecule has 0 radical (unpaired) electrons. The van der Waals surface area contributed by atoms with Gasteiger partial charge in [0.2, 0.25) is 6.29 Å². The SMILES string of the molecule is O=Cc1c[nH]nc1C(OCc1ccccc1)OCc1ccccc1. The van der Waals surface area contributed by atoms with Crippen LogP contribution in [-0.4, -0.2) is 16.5 Å². The number of aldehydes is 1. The zero-order valence-electron chi connectivity index (χ0n) is 13.1. The topological polar surface area (TPSA) is 64.2 Å². The van der Waals surface area contributed by atoms with Crippen molar-refractivity contribution in [2.75, 3.05) is 0 Å². The van der Waals surface area contributed by atoms with E-state index in [-0.39, 0.29) is 0 Å². The molecule has 1 N–H and O–H groups in total. The molecular formula is C19H18N2O3. The molecule has 0 saturated heterocycles. The lowest BCUT2D eigenvalue weighted by atomic mass is 10.2. The zero-order valence-corrected chi connectivity index (χ0v) is 13.1. The van der Waals surface area contributed by atoms with Crippen LogP contribution in [0.5, 0.6) is 0 Å². The van der Waals surface area contributed by atoms with Crippen molar-refractivity contribution in [2.45, 2.75) is 19.5 Å². The summed E-state index contributed by atoms with van der Waals surface area (Å²) in [6, 6.07) is 19.6. The van der Waals surface area contributed by atoms with Crippen LogP contribution in [0.4, 0.5) is 0 Å². The van der Waals surface area contributed by atoms with Crippen LogP contribution in [0.1, 0.15) is 33.5 Å². The second kappa shape index (κ2) is 8.19. The molecule has 1 heterocycles. The maximum atomic E-state index is 11.2. The van der Waals surface area contributed by atoms with E-state index in [9.17, 15) is 4.79 Å². The van der Waals surface area contributed by atoms with Gasteiger partial charge in [-0.2, -0.15) is 5.10 Å². The fraction of sp³-hybridized carbons (Fsp3) is 0.158. The van der Waals surface area contributed by atoms with Gasteiger partial charge in [0.15, 0.2) is 6.29 Å². The number of nitrogens with one attached hydrogen (secondary N) is 1. The van der Waals surface area contributed by atoms with Crippen LogP contribution >= 0.6 is 0 Å². The summed E-state index contributed by atoms with van der Waals surface area (Å²) in [4.78, 5) is 11.2. The number of H-pyrrole nitrogens is 1. The Morgan fingerprint density at radius 2 is 1.46 bits per heavy atom. The van der Waals surface area contributed by atoms with Crippen LogP contribution in [0.15, 0.2) is 66.9 Å². The third-order valence-corrected chi connectivity index (χ3v) is 3.54. The smallest absolute Gasteiger partial charge is 0.204 e. The number of carbonyl (C=O) groups excluding carboxylic acids is 1. The lowest BCUT2D eigenvalue weighted by Gasteiger charge is -2.17. The summed E-state index contributed by atoms with van der Waals surface area (Å²) in [5.41, 5.74) is 2.93. The Morgan fingerprint density at radius 1 is 0.917 bits per heavy atom. The molecule has 24 heavy (non-hydrogen) atoms. The second-order valence-corrected chi connectivity index (χ2v) is 5.27. The summed E-state index contributed by atoms with van der Waals surface area (Å²) >= 11 is 0. The molecular weight excluding hydrogens is 304 g/mol. The van der Waals surface area contributed by atoms with Crippen molar-refractivity contribution in [1.29, 1.82) is 0 Å². The van der Waals surface area contributed by atoms with Crippen molar-refractivity contribution in [2.24, 2.45) is 0 Å². The molecule has 122 valence electrons. The first-order valence-electron chi connectivity index (χ1n) is 7.66. The molecule has 0 fully saturated rings. The molecule has 0 aliphatic heterocycles. The molecule has 1 aromatic heterocycles. The van der Waals surface area contributed by atoms with Gasteiger partial charge in [0.05, 0.1) is 18.8 Å². The summed E-state index contributed by atoms with van der Waals surface area (Å²) in [5.74, 6) is 0. The number of aromatic amines is 1. The number of hydrogen-bond acceptors (Lipinski definition) is 4. The Hall–Kier alpha value is -2.76. The van der Waals surface area contributed by atoms with Crippen LogP contribution in [-0.2, 0) is 22.7 Å². The second-order valence-electron chi connectivity index (χ2n) is 5.27. The molecule has 3 aromatic rings. The molecule has 0 atom stereocenters. The zero-order chi connectivity index (χ0) is 16.6. The van der Waals surface area contributed by atoms with E-state index in [4.69, 9.17) is 9.47 Å². The van der Waals surface area contributed by atoms with Crippen molar-refractivity contribution in [3.63, 3.8) is 0 Å². The largest absolute Gasteiger partial charge is 0.342 e. The van der Waals surface area contributed by atoms with Crippen LogP contribution in [0.3, 0.4) is 0 Å². The average molecular weight is 322 g/mol. The highest BCUT2D eigenvalue weighted by Gasteiger charge is 2.20. The molecule has 5 nitrogen and oxygen atoms in total. The number of benzene rings is 2. The van der Waals surface area contributed by atoms with Gasteiger partial charge < -0.3 is 9.47 Å². The maximum absolute atomic E-state index is 11.2. The van der Waals surface area contributed by atoms with Gasteiger partial charge in [0, 0.05) is 6.20 Å². The Kier molecular flexibility index (Phi) is 5.50. The fourth-order valence-corrected chi connectivity index (χ4v) is 2.29. The number of carbonyl (C=O) groups is 1. The van der Waals surface area contributed by atoms with Crippen molar-refractivity contribution in [3.8, 4) is 0 Å². The molecule has 3 rings (SSSR count). The van der Waals surface area contributed by atoms with E-state index >= 15 is 0 Å². The maximum Gasteiger partial charge on any atom is 0.204 e. The molecule has 2 aromatic carbocycles. The van der Waals surface area contributed by atoms with E-state index in [1.165, 1.54) is 6.20 Å². The van der Waals surface area contributed by atoms with Crippen molar-refractivity contribution < 1.29 is 14.3 Å². The summed E-state index contributed by atoms with van der Waals surface area (Å²) in [5, 5.41) is 6.79. The molecule has 0 aliphatic carbocycles. The molecule has 5 heteroatoms. The van der Waals surface area contributed by atoms with Crippen LogP contribution in [0, 0.1) is 0 Å². The van der Waals surface area contributed by atoms with Gasteiger partial charge in [-0.3, -0.25) is 9.89 Å². The van der Waals surface area contributed by atoms with E-state index in [0.717, 1.165) is 17.4 Å². The quantitative estimate of drug-likeness (QED) is 0.508. The molecule has 0 amide bonds. The predicted octanol–water partition coefficient (Wildman–Crippen LogP) is 3.65. The van der Waals surface area contributed by atoms with Crippen molar-refractivity contribution in [3.05, 3.63) is 89.2 Å². The number of rotatable bonds is 8. The summed E-state index contributed by atoms with van der Waals surface area (Å²) in [7, 11) is 0. The Morgan fingerprint density at radius 3 is 1.96 bits per heavy atom. The van der Waals surface area contributed by atoms with Gasteiger partial charge in [-0.05, 0) is 11.1 Å². The normalized spacial score (nSPS) is 10.9. The van der Waals surface area contributed by atoms with Gasteiger partial charge in [-0.15, -0.1) is 0 Å². The van der Waals surface area contributed by atoms with Crippen LogP contribution in [0.2, 0.25) is 0 Å². The molecule has 0 saturated carbocycles. The highest BCUT2D eigenvalue weighted by atomic mass is 16.7. The predicted molar refractivity (Wildman–Crippen MR) is 89.2 cm³/mol. The van der Waals surface area contributed by atoms with Gasteiger partial charge in [0.25, 0.3) is 0 Å². The highest BCUT2D eigenvalue weighted by molar-refractivity contribution is 5.75. The Balaban J connectivity index is 1.72. The third kappa shape index (κ3) is 4.16. The van der Waals surface area contributed by atoms with Crippen molar-refractivity contribution >= 4 is 6.29 Å². The summed E-state index contributed by atoms with van der Waals surface area (Å²) in [6.07, 6.45) is 1.55. The Labute approximate surface area is 140 Å². The number of nitrogens with zero attached hydrogens (tertiary/aromatic N) is 1. The van der Waals surface area contributed by atoms with E-state index in [2.05, 4.69) is 10.2 Å². The van der Waals surface area contributed by atoms with Crippen molar-refractivity contribution in [1.82, 2.24) is 10.2 Å². The third-order valence-electron chi connectivity index (χ3n) is 3.54. The fourth-order valence-electron chi connectivity index (χ4n) is 2.29. The van der Waals surface area contributed by atoms with Crippen LogP contribution in [0.25, 0.3) is 0 Å². The molecule has 0 aliphatic rings. The van der Waals surface area contributed by atoms with Gasteiger partial charge in [0.1, 0.15) is 5.69 Å². The van der Waals surface area contributed by atoms with Crippen LogP contribution < -0.4 is 0 Å². The minimum atomic E-state index is -0.725. The minimum absolute atomic E-state index is 0.367. The number of ether oxygens (including phenoxy) is 2.